The van der Waals surface area contributed by atoms with E-state index in [2.05, 4.69) is 138 Å². The quantitative estimate of drug-likeness (QED) is 0.0937. The minimum atomic E-state index is 0.000631. The van der Waals surface area contributed by atoms with Crippen molar-refractivity contribution in [3.8, 4) is 11.5 Å². The molecule has 0 fully saturated rings. The summed E-state index contributed by atoms with van der Waals surface area (Å²) in [6.45, 7) is 44.6. The van der Waals surface area contributed by atoms with Crippen molar-refractivity contribution in [2.24, 2.45) is 35.5 Å². The molecule has 0 aromatic heterocycles. The van der Waals surface area contributed by atoms with Crippen molar-refractivity contribution in [3.63, 3.8) is 0 Å². The van der Waals surface area contributed by atoms with Gasteiger partial charge in [0.25, 0.3) is 0 Å². The van der Waals surface area contributed by atoms with Crippen LogP contribution in [0.1, 0.15) is 287 Å². The van der Waals surface area contributed by atoms with Crippen LogP contribution in [0.2, 0.25) is 0 Å². The van der Waals surface area contributed by atoms with Gasteiger partial charge < -0.3 is 9.47 Å². The first-order valence-corrected chi connectivity index (χ1v) is 28.1. The van der Waals surface area contributed by atoms with Crippen LogP contribution in [0.4, 0.5) is 0 Å². The fourth-order valence-electron chi connectivity index (χ4n) is 11.8. The Morgan fingerprint density at radius 2 is 0.815 bits per heavy atom. The Bertz CT molecular complexity index is 1690. The summed E-state index contributed by atoms with van der Waals surface area (Å²) in [5.74, 6) is 8.76. The molecule has 2 aromatic carbocycles. The Labute approximate surface area is 406 Å². The highest BCUT2D eigenvalue weighted by molar-refractivity contribution is 5.56. The predicted molar refractivity (Wildman–Crippen MR) is 289 cm³/mol. The molecule has 374 valence electrons. The lowest BCUT2D eigenvalue weighted by molar-refractivity contribution is 0.0510. The number of hydrogen-bond acceptors (Lipinski definition) is 2. The molecule has 0 bridgehead atoms. The number of hydrogen-bond donors (Lipinski definition) is 0. The first kappa shape index (κ1) is 57.4. The summed E-state index contributed by atoms with van der Waals surface area (Å²) in [6, 6.07) is 2.42. The first-order valence-electron chi connectivity index (χ1n) is 28.1. The predicted octanol–water partition coefficient (Wildman–Crippen LogP) is 20.2. The summed E-state index contributed by atoms with van der Waals surface area (Å²) in [5.41, 5.74) is 13.1. The third kappa shape index (κ3) is 18.5. The van der Waals surface area contributed by atoms with Gasteiger partial charge in [0.15, 0.2) is 0 Å². The zero-order chi connectivity index (χ0) is 48.6. The molecular weight excluding hydrogens is 789 g/mol. The normalized spacial score (nSPS) is 20.2. The molecule has 2 nitrogen and oxygen atoms in total. The van der Waals surface area contributed by atoms with Gasteiger partial charge in [-0.2, -0.15) is 0 Å². The highest BCUT2D eigenvalue weighted by Crippen LogP contribution is 2.45. The van der Waals surface area contributed by atoms with E-state index in [9.17, 15) is 0 Å². The maximum Gasteiger partial charge on any atom is 0.126 e. The summed E-state index contributed by atoms with van der Waals surface area (Å²) in [7, 11) is 0. The molecule has 0 saturated carbocycles. The zero-order valence-corrected chi connectivity index (χ0v) is 47.1. The van der Waals surface area contributed by atoms with E-state index >= 15 is 0 Å². The van der Waals surface area contributed by atoms with Gasteiger partial charge in [0.1, 0.15) is 22.7 Å². The van der Waals surface area contributed by atoms with Crippen molar-refractivity contribution < 1.29 is 9.47 Å². The molecule has 2 aromatic rings. The third-order valence-electron chi connectivity index (χ3n) is 16.7. The second kappa shape index (κ2) is 27.3. The van der Waals surface area contributed by atoms with E-state index in [1.807, 2.05) is 0 Å². The maximum absolute atomic E-state index is 6.80. The molecule has 0 saturated heterocycles. The lowest BCUT2D eigenvalue weighted by atomic mass is 9.80. The summed E-state index contributed by atoms with van der Waals surface area (Å²) in [5, 5.41) is 0. The minimum Gasteiger partial charge on any atom is -0.487 e. The summed E-state index contributed by atoms with van der Waals surface area (Å²) < 4.78 is 13.5. The molecule has 65 heavy (non-hydrogen) atoms. The largest absolute Gasteiger partial charge is 0.487 e. The lowest BCUT2D eigenvalue weighted by Gasteiger charge is -2.39. The molecule has 0 aliphatic carbocycles. The van der Waals surface area contributed by atoms with Gasteiger partial charge in [0.2, 0.25) is 0 Å². The molecule has 0 N–H and O–H groups in total. The number of rotatable bonds is 26. The van der Waals surface area contributed by atoms with Crippen LogP contribution in [-0.2, 0) is 12.8 Å². The van der Waals surface area contributed by atoms with Gasteiger partial charge in [0, 0.05) is 0 Å². The fraction of sp³-hybridized carbons (Fsp3) is 0.810. The van der Waals surface area contributed by atoms with Crippen LogP contribution in [0.3, 0.4) is 0 Å². The van der Waals surface area contributed by atoms with Crippen molar-refractivity contribution >= 4 is 0 Å². The lowest BCUT2D eigenvalue weighted by Crippen LogP contribution is -2.37. The minimum absolute atomic E-state index is 0.000631. The highest BCUT2D eigenvalue weighted by atomic mass is 16.5. The maximum atomic E-state index is 6.80. The second-order valence-electron chi connectivity index (χ2n) is 24.9. The van der Waals surface area contributed by atoms with Crippen molar-refractivity contribution in [1.29, 1.82) is 0 Å². The molecule has 0 unspecified atom stereocenters. The van der Waals surface area contributed by atoms with E-state index in [0.717, 1.165) is 54.8 Å². The van der Waals surface area contributed by atoms with Crippen LogP contribution in [0.25, 0.3) is 0 Å². The van der Waals surface area contributed by atoms with Gasteiger partial charge in [-0.25, -0.2) is 0 Å². The fourth-order valence-corrected chi connectivity index (χ4v) is 11.8. The molecule has 0 amide bonds. The third-order valence-corrected chi connectivity index (χ3v) is 16.7. The van der Waals surface area contributed by atoms with Crippen molar-refractivity contribution in [2.75, 3.05) is 0 Å². The Balaban J connectivity index is 0.000000345. The molecule has 2 heteroatoms. The van der Waals surface area contributed by atoms with Crippen molar-refractivity contribution in [1.82, 2.24) is 0 Å². The Morgan fingerprint density at radius 1 is 0.431 bits per heavy atom. The van der Waals surface area contributed by atoms with Crippen LogP contribution >= 0.6 is 0 Å². The first-order chi connectivity index (χ1) is 30.5. The molecule has 2 heterocycles. The van der Waals surface area contributed by atoms with Crippen LogP contribution in [0, 0.1) is 70.1 Å². The van der Waals surface area contributed by atoms with Gasteiger partial charge in [-0.05, 0) is 197 Å². The van der Waals surface area contributed by atoms with Gasteiger partial charge >= 0.3 is 0 Å². The van der Waals surface area contributed by atoms with E-state index in [1.165, 1.54) is 178 Å². The molecule has 2 aliphatic heterocycles. The van der Waals surface area contributed by atoms with E-state index < -0.39 is 0 Å². The summed E-state index contributed by atoms with van der Waals surface area (Å²) >= 11 is 0. The molecule has 6 atom stereocenters. The van der Waals surface area contributed by atoms with Crippen LogP contribution in [0.15, 0.2) is 6.07 Å². The Morgan fingerprint density at radius 3 is 1.23 bits per heavy atom. The molecule has 0 radical (unpaired) electrons. The Kier molecular flexibility index (Phi) is 24.1. The molecule has 0 spiro atoms. The van der Waals surface area contributed by atoms with Crippen LogP contribution < -0.4 is 9.47 Å². The summed E-state index contributed by atoms with van der Waals surface area (Å²) in [4.78, 5) is 0. The average molecular weight is 900 g/mol. The average Bonchev–Trinajstić information content (AvgIpc) is 3.21. The smallest absolute Gasteiger partial charge is 0.126 e. The molecular formula is C63H110O2. The van der Waals surface area contributed by atoms with Crippen molar-refractivity contribution in [2.45, 2.75) is 296 Å². The van der Waals surface area contributed by atoms with E-state index in [1.54, 1.807) is 5.56 Å². The van der Waals surface area contributed by atoms with E-state index in [-0.39, 0.29) is 11.2 Å². The molecule has 2 aliphatic rings. The standard InChI is InChI=1S/C32H56O.C31H54O/c1-22(2)14-11-15-24(5)16-12-17-25(6)18-13-20-32(10)21-19-29-28(9)30(23(3)4)26(7)27(8)31(29)33-32;1-22(2)13-10-14-24(5)15-11-16-25(6)17-12-19-31(9)20-18-28-21-29(23(3)4)26(7)27(8)30(28)32-31/h22-25H,11-21H2,1-10H3;21-25H,10-20H2,1-9H3/t24-,25-,32-;24-,25-,31-/m00/s1. The Hall–Kier alpha value is -1.96. The molecule has 4 rings (SSSR count). The van der Waals surface area contributed by atoms with Gasteiger partial charge in [-0.15, -0.1) is 0 Å². The zero-order valence-electron chi connectivity index (χ0n) is 47.1. The monoisotopic (exact) mass is 899 g/mol. The summed E-state index contributed by atoms with van der Waals surface area (Å²) in [6.07, 6.45) is 29.2. The number of ether oxygens (including phenoxy) is 2. The van der Waals surface area contributed by atoms with Gasteiger partial charge in [-0.1, -0.05) is 179 Å². The van der Waals surface area contributed by atoms with Crippen LogP contribution in [0.5, 0.6) is 11.5 Å². The van der Waals surface area contributed by atoms with Gasteiger partial charge in [-0.3, -0.25) is 0 Å². The van der Waals surface area contributed by atoms with E-state index in [4.69, 9.17) is 9.47 Å². The van der Waals surface area contributed by atoms with Crippen molar-refractivity contribution in [3.05, 3.63) is 56.1 Å². The number of aryl methyl sites for hydroxylation is 1. The number of fused-ring (bicyclic) bond motifs is 2. The number of benzene rings is 2. The highest BCUT2D eigenvalue weighted by Gasteiger charge is 2.35. The van der Waals surface area contributed by atoms with Crippen LogP contribution in [-0.4, -0.2) is 11.2 Å². The topological polar surface area (TPSA) is 18.5 Å². The SMILES string of the molecule is Cc1c(C(C)C)cc2c(c1C)O[C@@](C)(CCC[C@@H](C)CCC[C@@H](C)CCCC(C)C)CC2.Cc1c(C)c(C(C)C)c(C)c2c1O[C@@](C)(CCC[C@@H](C)CCC[C@@H](C)CCCC(C)C)CC2. The van der Waals surface area contributed by atoms with Gasteiger partial charge in [0.05, 0.1) is 0 Å². The second-order valence-corrected chi connectivity index (χ2v) is 24.9. The van der Waals surface area contributed by atoms with E-state index in [0.29, 0.717) is 11.8 Å².